The van der Waals surface area contributed by atoms with E-state index in [1.165, 1.54) is 49.8 Å². The van der Waals surface area contributed by atoms with Gasteiger partial charge in [0.15, 0.2) is 5.11 Å². The van der Waals surface area contributed by atoms with Gasteiger partial charge in [0.2, 0.25) is 11.8 Å². The average Bonchev–Trinajstić information content (AvgIpc) is 2.79. The predicted octanol–water partition coefficient (Wildman–Crippen LogP) is 3.12. The summed E-state index contributed by atoms with van der Waals surface area (Å²) in [5.74, 6) is -0.0881. The van der Waals surface area contributed by atoms with Crippen LogP contribution in [0, 0.1) is 6.92 Å². The number of aromatic nitrogens is 2. The average molecular weight is 484 g/mol. The zero-order chi connectivity index (χ0) is 23.8. The lowest BCUT2D eigenvalue weighted by molar-refractivity contribution is -0.115. The van der Waals surface area contributed by atoms with Crippen molar-refractivity contribution in [1.82, 2.24) is 15.3 Å². The summed E-state index contributed by atoms with van der Waals surface area (Å²) in [6, 6.07) is 14.9. The van der Waals surface area contributed by atoms with Gasteiger partial charge in [-0.3, -0.25) is 14.8 Å². The molecule has 1 heterocycles. The van der Waals surface area contributed by atoms with E-state index in [0.29, 0.717) is 5.69 Å². The van der Waals surface area contributed by atoms with E-state index in [1.54, 1.807) is 6.08 Å². The smallest absolute Gasteiger partial charge is 0.263 e. The van der Waals surface area contributed by atoms with Gasteiger partial charge in [0, 0.05) is 17.8 Å². The molecule has 33 heavy (non-hydrogen) atoms. The maximum Gasteiger partial charge on any atom is 0.263 e. The van der Waals surface area contributed by atoms with Gasteiger partial charge in [-0.05, 0) is 55.0 Å². The maximum absolute atomic E-state index is 12.6. The van der Waals surface area contributed by atoms with Crippen LogP contribution in [0.5, 0.6) is 5.88 Å². The van der Waals surface area contributed by atoms with Crippen molar-refractivity contribution in [2.24, 2.45) is 0 Å². The minimum absolute atomic E-state index is 0.0154. The van der Waals surface area contributed by atoms with E-state index in [0.717, 1.165) is 11.1 Å². The van der Waals surface area contributed by atoms with Gasteiger partial charge >= 0.3 is 0 Å². The third kappa shape index (κ3) is 7.09. The van der Waals surface area contributed by atoms with Gasteiger partial charge in [-0.2, -0.15) is 0 Å². The van der Waals surface area contributed by atoms with Gasteiger partial charge < -0.3 is 10.1 Å². The fourth-order valence-corrected chi connectivity index (χ4v) is 3.80. The van der Waals surface area contributed by atoms with Gasteiger partial charge in [-0.25, -0.2) is 18.4 Å². The molecule has 11 heteroatoms. The number of hydrogen-bond donors (Lipinski definition) is 3. The highest BCUT2D eigenvalue weighted by Gasteiger charge is 2.15. The Hall–Kier alpha value is -3.83. The zero-order valence-electron chi connectivity index (χ0n) is 17.8. The number of carbonyl (C=O) groups excluding carboxylic acids is 1. The molecule has 0 aliphatic rings. The van der Waals surface area contributed by atoms with Crippen molar-refractivity contribution in [2.75, 3.05) is 17.1 Å². The molecule has 0 fully saturated rings. The summed E-state index contributed by atoms with van der Waals surface area (Å²) in [5, 5.41) is 5.45. The maximum atomic E-state index is 12.6. The highest BCUT2D eigenvalue weighted by atomic mass is 32.2. The third-order valence-corrected chi connectivity index (χ3v) is 5.83. The fraction of sp³-hybridized carbons (Fsp3) is 0.0909. The lowest BCUT2D eigenvalue weighted by Gasteiger charge is -2.10. The van der Waals surface area contributed by atoms with Crippen LogP contribution < -0.4 is 20.1 Å². The van der Waals surface area contributed by atoms with Crippen molar-refractivity contribution in [3.05, 3.63) is 78.1 Å². The van der Waals surface area contributed by atoms with Crippen molar-refractivity contribution in [3.8, 4) is 5.88 Å². The summed E-state index contributed by atoms with van der Waals surface area (Å²) in [7, 11) is -2.46. The number of ether oxygens (including phenoxy) is 1. The highest BCUT2D eigenvalue weighted by Crippen LogP contribution is 2.18. The number of nitrogens with zero attached hydrogens (tertiary/aromatic N) is 2. The Morgan fingerprint density at radius 3 is 2.42 bits per heavy atom. The van der Waals surface area contributed by atoms with Gasteiger partial charge in [0.1, 0.15) is 12.1 Å². The van der Waals surface area contributed by atoms with Gasteiger partial charge in [-0.1, -0.05) is 29.8 Å². The van der Waals surface area contributed by atoms with E-state index in [-0.39, 0.29) is 21.7 Å². The van der Waals surface area contributed by atoms with Crippen LogP contribution >= 0.6 is 12.2 Å². The van der Waals surface area contributed by atoms with Crippen molar-refractivity contribution in [2.45, 2.75) is 11.8 Å². The molecule has 0 saturated carbocycles. The largest absolute Gasteiger partial charge is 0.481 e. The van der Waals surface area contributed by atoms with Crippen molar-refractivity contribution in [3.63, 3.8) is 0 Å². The number of sulfonamides is 1. The van der Waals surface area contributed by atoms with Crippen LogP contribution in [-0.4, -0.2) is 36.5 Å². The number of carbonyl (C=O) groups is 1. The first-order chi connectivity index (χ1) is 15.7. The van der Waals surface area contributed by atoms with Crippen LogP contribution in [0.25, 0.3) is 6.08 Å². The molecule has 3 rings (SSSR count). The first kappa shape index (κ1) is 23.8. The predicted molar refractivity (Wildman–Crippen MR) is 130 cm³/mol. The molecule has 0 radical (unpaired) electrons. The molecule has 0 unspecified atom stereocenters. The minimum atomic E-state index is -3.87. The Morgan fingerprint density at radius 2 is 1.76 bits per heavy atom. The highest BCUT2D eigenvalue weighted by molar-refractivity contribution is 7.92. The number of rotatable bonds is 7. The van der Waals surface area contributed by atoms with Gasteiger partial charge in [0.05, 0.1) is 12.0 Å². The van der Waals surface area contributed by atoms with Crippen molar-refractivity contribution >= 4 is 50.8 Å². The molecule has 0 aliphatic heterocycles. The molecule has 0 atom stereocenters. The summed E-state index contributed by atoms with van der Waals surface area (Å²) in [5.41, 5.74) is 2.52. The lowest BCUT2D eigenvalue weighted by Crippen LogP contribution is -2.32. The molecule has 170 valence electrons. The zero-order valence-corrected chi connectivity index (χ0v) is 19.4. The fourth-order valence-electron chi connectivity index (χ4n) is 2.59. The lowest BCUT2D eigenvalue weighted by atomic mass is 10.1. The SMILES string of the molecule is COc1cc(NS(=O)(=O)c2ccc(NC(=S)NC(=O)C=Cc3ccc(C)cc3)cc2)ncn1. The third-order valence-electron chi connectivity index (χ3n) is 4.25. The number of benzene rings is 2. The van der Waals surface area contributed by atoms with Gasteiger partial charge in [0.25, 0.3) is 10.0 Å². The first-order valence-electron chi connectivity index (χ1n) is 9.61. The number of methoxy groups -OCH3 is 1. The second-order valence-electron chi connectivity index (χ2n) is 6.76. The summed E-state index contributed by atoms with van der Waals surface area (Å²) in [6.45, 7) is 1.98. The molecule has 0 aliphatic carbocycles. The van der Waals surface area contributed by atoms with Crippen LogP contribution in [0.3, 0.4) is 0 Å². The Kier molecular flexibility index (Phi) is 7.70. The molecule has 3 aromatic rings. The molecule has 3 N–H and O–H groups in total. The molecule has 0 bridgehead atoms. The molecule has 0 spiro atoms. The molecule has 2 aromatic carbocycles. The molecule has 1 amide bonds. The summed E-state index contributed by atoms with van der Waals surface area (Å²) < 4.78 is 32.4. The quantitative estimate of drug-likeness (QED) is 0.346. The van der Waals surface area contributed by atoms with Crippen LogP contribution in [0.4, 0.5) is 11.5 Å². The van der Waals surface area contributed by atoms with E-state index >= 15 is 0 Å². The molecule has 0 saturated heterocycles. The second-order valence-corrected chi connectivity index (χ2v) is 8.85. The van der Waals surface area contributed by atoms with E-state index in [2.05, 4.69) is 25.3 Å². The van der Waals surface area contributed by atoms with Crippen LogP contribution in [0.1, 0.15) is 11.1 Å². The van der Waals surface area contributed by atoms with E-state index in [1.807, 2.05) is 31.2 Å². The molecular formula is C22H21N5O4S2. The van der Waals surface area contributed by atoms with E-state index in [4.69, 9.17) is 17.0 Å². The number of thiocarbonyl (C=S) groups is 1. The Balaban J connectivity index is 1.57. The minimum Gasteiger partial charge on any atom is -0.481 e. The molecule has 9 nitrogen and oxygen atoms in total. The second kappa shape index (κ2) is 10.7. The standard InChI is InChI=1S/C22H21N5O4S2/c1-15-3-5-16(6-4-15)7-12-20(28)26-22(32)25-17-8-10-18(11-9-17)33(29,30)27-19-13-21(31-2)24-14-23-19/h3-14H,1-2H3,(H,23,24,27)(H2,25,26,28,32). The summed E-state index contributed by atoms with van der Waals surface area (Å²) in [4.78, 5) is 19.8. The number of amides is 1. The van der Waals surface area contributed by atoms with E-state index < -0.39 is 15.9 Å². The number of nitrogens with one attached hydrogen (secondary N) is 3. The topological polar surface area (TPSA) is 122 Å². The molecular weight excluding hydrogens is 462 g/mol. The first-order valence-corrected chi connectivity index (χ1v) is 11.5. The van der Waals surface area contributed by atoms with Gasteiger partial charge in [-0.15, -0.1) is 0 Å². The number of hydrogen-bond acceptors (Lipinski definition) is 7. The number of aryl methyl sites for hydroxylation is 1. The van der Waals surface area contributed by atoms with Crippen molar-refractivity contribution in [1.29, 1.82) is 0 Å². The summed E-state index contributed by atoms with van der Waals surface area (Å²) >= 11 is 5.14. The monoisotopic (exact) mass is 483 g/mol. The van der Waals surface area contributed by atoms with Crippen molar-refractivity contribution < 1.29 is 17.9 Å². The summed E-state index contributed by atoms with van der Waals surface area (Å²) in [6.07, 6.45) is 4.24. The van der Waals surface area contributed by atoms with Crippen LogP contribution in [0.2, 0.25) is 0 Å². The Bertz CT molecular complexity index is 1270. The Morgan fingerprint density at radius 1 is 1.06 bits per heavy atom. The molecule has 1 aromatic heterocycles. The van der Waals surface area contributed by atoms with E-state index in [9.17, 15) is 13.2 Å². The number of anilines is 2. The van der Waals surface area contributed by atoms with Crippen LogP contribution in [-0.2, 0) is 14.8 Å². The normalized spacial score (nSPS) is 11.1. The van der Waals surface area contributed by atoms with Crippen LogP contribution in [0.15, 0.2) is 71.9 Å². The Labute approximate surface area is 197 Å².